The summed E-state index contributed by atoms with van der Waals surface area (Å²) >= 11 is 2.85. The van der Waals surface area contributed by atoms with E-state index < -0.39 is 10.0 Å². The fourth-order valence-corrected chi connectivity index (χ4v) is 1.53. The van der Waals surface area contributed by atoms with Crippen molar-refractivity contribution in [2.75, 3.05) is 4.66 Å². The van der Waals surface area contributed by atoms with Crippen LogP contribution < -0.4 is 4.72 Å². The molecule has 0 spiro atoms. The highest BCUT2D eigenvalue weighted by atomic mass is 79.9. The van der Waals surface area contributed by atoms with Crippen LogP contribution in [-0.2, 0) is 16.6 Å². The van der Waals surface area contributed by atoms with Crippen molar-refractivity contribution in [3.05, 3.63) is 18.2 Å². The van der Waals surface area contributed by atoms with Crippen molar-refractivity contribution < 1.29 is 8.42 Å². The number of rotatable bonds is 4. The smallest absolute Gasteiger partial charge is 0.222 e. The van der Waals surface area contributed by atoms with E-state index in [2.05, 4.69) is 30.6 Å². The molecule has 0 bridgehead atoms. The van der Waals surface area contributed by atoms with Gasteiger partial charge >= 0.3 is 0 Å². The van der Waals surface area contributed by atoms with E-state index in [4.69, 9.17) is 0 Å². The number of hydrogen-bond donors (Lipinski definition) is 2. The van der Waals surface area contributed by atoms with Crippen molar-refractivity contribution in [3.8, 4) is 0 Å². The lowest BCUT2D eigenvalue weighted by atomic mass is 10.6. The molecule has 7 heteroatoms. The second-order valence-electron chi connectivity index (χ2n) is 2.08. The number of nitrogens with zero attached hydrogens (tertiary/aromatic N) is 1. The number of sulfonamides is 1. The van der Waals surface area contributed by atoms with Crippen molar-refractivity contribution in [1.82, 2.24) is 14.7 Å². The summed E-state index contributed by atoms with van der Waals surface area (Å²) in [7, 11) is -3.19. The molecule has 12 heavy (non-hydrogen) atoms. The van der Waals surface area contributed by atoms with Crippen LogP contribution in [0.15, 0.2) is 12.4 Å². The largest absolute Gasteiger partial charge is 0.347 e. The first-order chi connectivity index (χ1) is 5.64. The predicted molar refractivity (Wildman–Crippen MR) is 48.1 cm³/mol. The molecule has 1 heterocycles. The van der Waals surface area contributed by atoms with Gasteiger partial charge in [0.2, 0.25) is 10.0 Å². The van der Waals surface area contributed by atoms with Gasteiger partial charge in [0.15, 0.2) is 0 Å². The van der Waals surface area contributed by atoms with Gasteiger partial charge in [-0.15, -0.1) is 0 Å². The van der Waals surface area contributed by atoms with Crippen molar-refractivity contribution in [1.29, 1.82) is 0 Å². The number of halogens is 1. The number of aromatic nitrogens is 2. The van der Waals surface area contributed by atoms with Gasteiger partial charge in [0, 0.05) is 12.4 Å². The summed E-state index contributed by atoms with van der Waals surface area (Å²) in [6, 6.07) is 0. The van der Waals surface area contributed by atoms with Gasteiger partial charge in [-0.1, -0.05) is 15.9 Å². The first kappa shape index (κ1) is 9.69. The molecule has 68 valence electrons. The number of hydrogen-bond acceptors (Lipinski definition) is 3. The Labute approximate surface area is 78.8 Å². The van der Waals surface area contributed by atoms with Crippen LogP contribution in [0.25, 0.3) is 0 Å². The predicted octanol–water partition coefficient (Wildman–Crippen LogP) is 0.182. The number of imidazole rings is 1. The lowest BCUT2D eigenvalue weighted by molar-refractivity contribution is 0.585. The summed E-state index contributed by atoms with van der Waals surface area (Å²) in [5.74, 6) is 0.597. The van der Waals surface area contributed by atoms with E-state index in [0.29, 0.717) is 5.82 Å². The highest BCUT2D eigenvalue weighted by molar-refractivity contribution is 9.10. The molecular formula is C5H8BrN3O2S. The molecular weight excluding hydrogens is 246 g/mol. The van der Waals surface area contributed by atoms with Crippen molar-refractivity contribution in [2.24, 2.45) is 0 Å². The maximum absolute atomic E-state index is 10.9. The molecule has 0 fully saturated rings. The molecule has 1 aromatic heterocycles. The Hall–Kier alpha value is -0.400. The summed E-state index contributed by atoms with van der Waals surface area (Å²) in [5, 5.41) is 0. The molecule has 0 aliphatic carbocycles. The van der Waals surface area contributed by atoms with E-state index in [-0.39, 0.29) is 11.2 Å². The lowest BCUT2D eigenvalue weighted by Gasteiger charge is -1.99. The molecule has 5 nitrogen and oxygen atoms in total. The second-order valence-corrected chi connectivity index (χ2v) is 5.19. The molecule has 0 aliphatic rings. The summed E-state index contributed by atoms with van der Waals surface area (Å²) < 4.78 is 24.0. The number of alkyl halides is 1. The number of aromatic amines is 1. The Bertz CT molecular complexity index is 320. The third-order valence-electron chi connectivity index (χ3n) is 1.16. The minimum absolute atomic E-state index is 0.0965. The maximum Gasteiger partial charge on any atom is 0.222 e. The van der Waals surface area contributed by atoms with Crippen LogP contribution in [-0.4, -0.2) is 23.0 Å². The Morgan fingerprint density at radius 1 is 1.67 bits per heavy atom. The quantitative estimate of drug-likeness (QED) is 0.753. The van der Waals surface area contributed by atoms with Crippen molar-refractivity contribution in [2.45, 2.75) is 6.54 Å². The van der Waals surface area contributed by atoms with Gasteiger partial charge in [0.25, 0.3) is 0 Å². The van der Waals surface area contributed by atoms with E-state index in [0.717, 1.165) is 0 Å². The molecule has 1 rings (SSSR count). The first-order valence-electron chi connectivity index (χ1n) is 3.15. The van der Waals surface area contributed by atoms with E-state index in [1.165, 1.54) is 0 Å². The Balaban J connectivity index is 2.47. The van der Waals surface area contributed by atoms with E-state index >= 15 is 0 Å². The fraction of sp³-hybridized carbons (Fsp3) is 0.400. The zero-order chi connectivity index (χ0) is 9.03. The van der Waals surface area contributed by atoms with Gasteiger partial charge in [0.05, 0.1) is 6.54 Å². The number of H-pyrrole nitrogens is 1. The Morgan fingerprint density at radius 3 is 2.92 bits per heavy atom. The average Bonchev–Trinajstić information content (AvgIpc) is 2.53. The summed E-state index contributed by atoms with van der Waals surface area (Å²) in [5.41, 5.74) is 0. The molecule has 0 saturated carbocycles. The summed E-state index contributed by atoms with van der Waals surface area (Å²) in [6.45, 7) is 0.195. The molecule has 0 aromatic carbocycles. The van der Waals surface area contributed by atoms with Crippen molar-refractivity contribution in [3.63, 3.8) is 0 Å². The van der Waals surface area contributed by atoms with Crippen LogP contribution in [0.5, 0.6) is 0 Å². The maximum atomic E-state index is 10.9. The topological polar surface area (TPSA) is 74.8 Å². The van der Waals surface area contributed by atoms with Crippen LogP contribution in [0.2, 0.25) is 0 Å². The third kappa shape index (κ3) is 2.92. The average molecular weight is 254 g/mol. The molecule has 0 aliphatic heterocycles. The van der Waals surface area contributed by atoms with Crippen LogP contribution in [0.3, 0.4) is 0 Å². The zero-order valence-corrected chi connectivity index (χ0v) is 8.52. The van der Waals surface area contributed by atoms with Crippen molar-refractivity contribution >= 4 is 26.0 Å². The van der Waals surface area contributed by atoms with E-state index in [9.17, 15) is 8.42 Å². The normalized spacial score (nSPS) is 11.8. The SMILES string of the molecule is O=S(=O)(CBr)NCc1ncc[nH]1. The minimum Gasteiger partial charge on any atom is -0.347 e. The standard InChI is InChI=1S/C5H8BrN3O2S/c6-4-12(10,11)9-3-5-7-1-2-8-5/h1-2,9H,3-4H2,(H,7,8). The van der Waals surface area contributed by atoms with Crippen LogP contribution >= 0.6 is 15.9 Å². The number of nitrogens with one attached hydrogen (secondary N) is 2. The van der Waals surface area contributed by atoms with E-state index in [1.807, 2.05) is 0 Å². The van der Waals surface area contributed by atoms with Gasteiger partial charge in [-0.05, 0) is 0 Å². The Kier molecular flexibility index (Phi) is 3.24. The van der Waals surface area contributed by atoms with Gasteiger partial charge in [-0.25, -0.2) is 18.1 Å². The molecule has 2 N–H and O–H groups in total. The van der Waals surface area contributed by atoms with Gasteiger partial charge in [0.1, 0.15) is 10.5 Å². The molecule has 0 amide bonds. The summed E-state index contributed by atoms with van der Waals surface area (Å²) in [6.07, 6.45) is 3.20. The zero-order valence-electron chi connectivity index (χ0n) is 6.12. The highest BCUT2D eigenvalue weighted by Crippen LogP contribution is 1.93. The minimum atomic E-state index is -3.19. The molecule has 0 unspecified atom stereocenters. The molecule has 0 radical (unpaired) electrons. The van der Waals surface area contributed by atoms with Gasteiger partial charge < -0.3 is 4.98 Å². The molecule has 1 aromatic rings. The second kappa shape index (κ2) is 4.01. The van der Waals surface area contributed by atoms with Gasteiger partial charge in [-0.2, -0.15) is 0 Å². The van der Waals surface area contributed by atoms with Crippen LogP contribution in [0, 0.1) is 0 Å². The highest BCUT2D eigenvalue weighted by Gasteiger charge is 2.06. The Morgan fingerprint density at radius 2 is 2.42 bits per heavy atom. The first-order valence-corrected chi connectivity index (χ1v) is 5.93. The molecule has 0 atom stereocenters. The lowest BCUT2D eigenvalue weighted by Crippen LogP contribution is -2.24. The monoisotopic (exact) mass is 253 g/mol. The van der Waals surface area contributed by atoms with Gasteiger partial charge in [-0.3, -0.25) is 0 Å². The fourth-order valence-electron chi connectivity index (χ4n) is 0.612. The third-order valence-corrected chi connectivity index (χ3v) is 3.84. The van der Waals surface area contributed by atoms with Crippen LogP contribution in [0.4, 0.5) is 0 Å². The van der Waals surface area contributed by atoms with E-state index in [1.54, 1.807) is 12.4 Å². The molecule has 0 saturated heterocycles. The summed E-state index contributed by atoms with van der Waals surface area (Å²) in [4.78, 5) is 6.64. The van der Waals surface area contributed by atoms with Crippen LogP contribution in [0.1, 0.15) is 5.82 Å².